The fourth-order valence-electron chi connectivity index (χ4n) is 1.56. The number of nitro groups is 1. The van der Waals surface area contributed by atoms with E-state index in [9.17, 15) is 20.0 Å². The molecule has 2 aromatic rings. The second-order valence-electron chi connectivity index (χ2n) is 3.65. The van der Waals surface area contributed by atoms with E-state index in [0.717, 1.165) is 0 Å². The summed E-state index contributed by atoms with van der Waals surface area (Å²) in [4.78, 5) is 22.0. The van der Waals surface area contributed by atoms with Crippen LogP contribution >= 0.6 is 0 Å². The van der Waals surface area contributed by atoms with Crippen LogP contribution in [0, 0.1) is 10.1 Å². The van der Waals surface area contributed by atoms with Gasteiger partial charge in [0.15, 0.2) is 5.78 Å². The summed E-state index contributed by atoms with van der Waals surface area (Å²) in [5.41, 5.74) is 0.386. The number of ketones is 1. The molecule has 0 heterocycles. The fourth-order valence-corrected chi connectivity index (χ4v) is 1.56. The molecule has 0 spiro atoms. The van der Waals surface area contributed by atoms with Crippen LogP contribution in [0.3, 0.4) is 0 Å². The second-order valence-corrected chi connectivity index (χ2v) is 3.65. The van der Waals surface area contributed by atoms with Gasteiger partial charge in [-0.05, 0) is 24.3 Å². The third-order valence-corrected chi connectivity index (χ3v) is 2.49. The minimum atomic E-state index is -0.533. The van der Waals surface area contributed by atoms with Crippen molar-refractivity contribution >= 4 is 11.5 Å². The van der Waals surface area contributed by atoms with E-state index in [4.69, 9.17) is 0 Å². The van der Waals surface area contributed by atoms with Gasteiger partial charge in [-0.2, -0.15) is 0 Å². The Bertz CT molecular complexity index is 605. The van der Waals surface area contributed by atoms with Crippen LogP contribution in [0.4, 0.5) is 5.69 Å². The zero-order valence-electron chi connectivity index (χ0n) is 9.24. The molecule has 0 radical (unpaired) electrons. The molecule has 0 saturated heterocycles. The van der Waals surface area contributed by atoms with Gasteiger partial charge in [0.05, 0.1) is 10.5 Å². The summed E-state index contributed by atoms with van der Waals surface area (Å²) in [7, 11) is 0. The third-order valence-electron chi connectivity index (χ3n) is 2.49. The second kappa shape index (κ2) is 4.67. The van der Waals surface area contributed by atoms with E-state index in [0.29, 0.717) is 5.56 Å². The molecule has 0 amide bonds. The van der Waals surface area contributed by atoms with Crippen molar-refractivity contribution in [1.29, 1.82) is 0 Å². The first-order valence-corrected chi connectivity index (χ1v) is 5.17. The van der Waals surface area contributed by atoms with Crippen LogP contribution in [0.1, 0.15) is 15.9 Å². The van der Waals surface area contributed by atoms with Gasteiger partial charge in [-0.15, -0.1) is 0 Å². The molecule has 0 aliphatic heterocycles. The number of benzene rings is 2. The summed E-state index contributed by atoms with van der Waals surface area (Å²) >= 11 is 0. The van der Waals surface area contributed by atoms with Gasteiger partial charge < -0.3 is 5.11 Å². The Hall–Kier alpha value is -2.69. The van der Waals surface area contributed by atoms with Gasteiger partial charge in [0.25, 0.3) is 5.69 Å². The van der Waals surface area contributed by atoms with E-state index < -0.39 is 4.92 Å². The first kappa shape index (κ1) is 11.8. The van der Waals surface area contributed by atoms with Gasteiger partial charge in [0.1, 0.15) is 5.75 Å². The Kier molecular flexibility index (Phi) is 3.05. The predicted molar refractivity (Wildman–Crippen MR) is 64.6 cm³/mol. The molecule has 0 aromatic heterocycles. The number of carbonyl (C=O) groups excluding carboxylic acids is 1. The molecule has 0 aliphatic rings. The number of hydrogen-bond donors (Lipinski definition) is 1. The van der Waals surface area contributed by atoms with Gasteiger partial charge in [0.2, 0.25) is 0 Å². The fraction of sp³-hybridized carbons (Fsp3) is 0. The average Bonchev–Trinajstić information content (AvgIpc) is 2.38. The normalized spacial score (nSPS) is 10.0. The average molecular weight is 243 g/mol. The number of phenolic OH excluding ortho intramolecular Hbond substituents is 1. The number of non-ortho nitro benzene ring substituents is 1. The van der Waals surface area contributed by atoms with Crippen molar-refractivity contribution < 1.29 is 14.8 Å². The molecular weight excluding hydrogens is 234 g/mol. The molecule has 0 unspecified atom stereocenters. The quantitative estimate of drug-likeness (QED) is 0.510. The lowest BCUT2D eigenvalue weighted by atomic mass is 10.0. The molecule has 0 saturated carbocycles. The Morgan fingerprint density at radius 1 is 1.06 bits per heavy atom. The smallest absolute Gasteiger partial charge is 0.269 e. The molecule has 0 atom stereocenters. The Morgan fingerprint density at radius 2 is 1.67 bits per heavy atom. The number of nitro benzene ring substituents is 1. The van der Waals surface area contributed by atoms with Crippen LogP contribution in [-0.4, -0.2) is 15.8 Å². The molecule has 90 valence electrons. The van der Waals surface area contributed by atoms with Gasteiger partial charge in [-0.25, -0.2) is 0 Å². The molecule has 0 aliphatic carbocycles. The van der Waals surface area contributed by atoms with Crippen LogP contribution in [0.5, 0.6) is 5.75 Å². The van der Waals surface area contributed by atoms with Crippen molar-refractivity contribution in [2.45, 2.75) is 0 Å². The van der Waals surface area contributed by atoms with Crippen molar-refractivity contribution in [2.24, 2.45) is 0 Å². The van der Waals surface area contributed by atoms with Gasteiger partial charge in [0, 0.05) is 17.7 Å². The van der Waals surface area contributed by atoms with E-state index in [1.54, 1.807) is 12.1 Å². The highest BCUT2D eigenvalue weighted by Crippen LogP contribution is 2.21. The van der Waals surface area contributed by atoms with Crippen molar-refractivity contribution in [3.63, 3.8) is 0 Å². The number of carbonyl (C=O) groups is 1. The molecule has 2 aromatic carbocycles. The summed E-state index contributed by atoms with van der Waals surface area (Å²) in [6, 6.07) is 11.4. The lowest BCUT2D eigenvalue weighted by Gasteiger charge is -2.03. The van der Waals surface area contributed by atoms with Crippen LogP contribution in [0.15, 0.2) is 48.5 Å². The Balaban J connectivity index is 2.35. The van der Waals surface area contributed by atoms with Crippen LogP contribution in [0.2, 0.25) is 0 Å². The summed E-state index contributed by atoms with van der Waals surface area (Å²) in [6.45, 7) is 0. The SMILES string of the molecule is O=C(c1ccc([N+](=O)[O-])cc1)c1ccccc1O. The van der Waals surface area contributed by atoms with E-state index in [2.05, 4.69) is 0 Å². The van der Waals surface area contributed by atoms with E-state index in [-0.39, 0.29) is 22.8 Å². The van der Waals surface area contributed by atoms with Crippen LogP contribution < -0.4 is 0 Å². The maximum atomic E-state index is 12.0. The number of aromatic hydroxyl groups is 1. The van der Waals surface area contributed by atoms with Crippen LogP contribution in [-0.2, 0) is 0 Å². The largest absolute Gasteiger partial charge is 0.507 e. The molecule has 5 nitrogen and oxygen atoms in total. The highest BCUT2D eigenvalue weighted by atomic mass is 16.6. The number of para-hydroxylation sites is 1. The zero-order valence-corrected chi connectivity index (χ0v) is 9.24. The summed E-state index contributed by atoms with van der Waals surface area (Å²) in [6.07, 6.45) is 0. The number of hydrogen-bond acceptors (Lipinski definition) is 4. The first-order chi connectivity index (χ1) is 8.59. The molecule has 0 fully saturated rings. The topological polar surface area (TPSA) is 80.4 Å². The highest BCUT2D eigenvalue weighted by Gasteiger charge is 2.14. The zero-order chi connectivity index (χ0) is 13.1. The summed E-state index contributed by atoms with van der Waals surface area (Å²) in [5.74, 6) is -0.483. The number of rotatable bonds is 3. The third kappa shape index (κ3) is 2.20. The lowest BCUT2D eigenvalue weighted by Crippen LogP contribution is -2.01. The van der Waals surface area contributed by atoms with E-state index >= 15 is 0 Å². The van der Waals surface area contributed by atoms with Crippen molar-refractivity contribution in [2.75, 3.05) is 0 Å². The highest BCUT2D eigenvalue weighted by molar-refractivity contribution is 6.10. The number of nitrogens with zero attached hydrogens (tertiary/aromatic N) is 1. The monoisotopic (exact) mass is 243 g/mol. The Labute approximate surface area is 102 Å². The molecule has 18 heavy (non-hydrogen) atoms. The summed E-state index contributed by atoms with van der Waals surface area (Å²) in [5, 5.41) is 20.0. The maximum absolute atomic E-state index is 12.0. The van der Waals surface area contributed by atoms with E-state index in [1.807, 2.05) is 0 Å². The standard InChI is InChI=1S/C13H9NO4/c15-12-4-2-1-3-11(12)13(16)9-5-7-10(8-6-9)14(17)18/h1-8,15H. The summed E-state index contributed by atoms with van der Waals surface area (Å²) < 4.78 is 0. The molecule has 2 rings (SSSR count). The van der Waals surface area contributed by atoms with Crippen molar-refractivity contribution in [3.8, 4) is 5.75 Å². The minimum Gasteiger partial charge on any atom is -0.507 e. The minimum absolute atomic E-state index is 0.0798. The molecule has 5 heteroatoms. The molecular formula is C13H9NO4. The van der Waals surface area contributed by atoms with Gasteiger partial charge in [-0.3, -0.25) is 14.9 Å². The van der Waals surface area contributed by atoms with E-state index in [1.165, 1.54) is 36.4 Å². The van der Waals surface area contributed by atoms with Crippen molar-refractivity contribution in [3.05, 3.63) is 69.8 Å². The predicted octanol–water partition coefficient (Wildman–Crippen LogP) is 2.53. The molecule has 0 bridgehead atoms. The maximum Gasteiger partial charge on any atom is 0.269 e. The van der Waals surface area contributed by atoms with Crippen LogP contribution in [0.25, 0.3) is 0 Å². The lowest BCUT2D eigenvalue weighted by molar-refractivity contribution is -0.384. The Morgan fingerprint density at radius 3 is 2.22 bits per heavy atom. The van der Waals surface area contributed by atoms with Gasteiger partial charge in [-0.1, -0.05) is 12.1 Å². The molecule has 1 N–H and O–H groups in total. The number of phenols is 1. The first-order valence-electron chi connectivity index (χ1n) is 5.17. The van der Waals surface area contributed by atoms with Crippen molar-refractivity contribution in [1.82, 2.24) is 0 Å². The van der Waals surface area contributed by atoms with Gasteiger partial charge >= 0.3 is 0 Å².